The van der Waals surface area contributed by atoms with Crippen LogP contribution >= 0.6 is 0 Å². The van der Waals surface area contributed by atoms with E-state index in [1.165, 1.54) is 14.0 Å². The lowest BCUT2D eigenvalue weighted by Gasteiger charge is -2.30. The topological polar surface area (TPSA) is 223 Å². The minimum absolute atomic E-state index is 0.00575. The average molecular weight is 425 g/mol. The highest BCUT2D eigenvalue weighted by Crippen LogP contribution is 2.38. The van der Waals surface area contributed by atoms with Crippen molar-refractivity contribution in [2.75, 3.05) is 18.6 Å². The van der Waals surface area contributed by atoms with Gasteiger partial charge in [0.1, 0.15) is 37.0 Å². The summed E-state index contributed by atoms with van der Waals surface area (Å²) in [7, 11) is 1.36. The molecule has 3 heterocycles. The summed E-state index contributed by atoms with van der Waals surface area (Å²) in [6, 6.07) is -1.22. The van der Waals surface area contributed by atoms with Crippen molar-refractivity contribution in [3.63, 3.8) is 0 Å². The number of carbonyl (C=O) groups is 2. The first-order valence-electron chi connectivity index (χ1n) is 8.92. The van der Waals surface area contributed by atoms with Crippen molar-refractivity contribution in [1.82, 2.24) is 19.5 Å². The number of hydrogen-bond donors (Lipinski definition) is 6. The minimum atomic E-state index is -2.31. The molecule has 2 aromatic rings. The molecule has 1 aliphatic heterocycles. The van der Waals surface area contributed by atoms with Crippen LogP contribution in [0.15, 0.2) is 12.7 Å². The second-order valence-corrected chi connectivity index (χ2v) is 6.98. The summed E-state index contributed by atoms with van der Waals surface area (Å²) in [6.07, 6.45) is -3.72. The van der Waals surface area contributed by atoms with E-state index in [-0.39, 0.29) is 17.0 Å². The summed E-state index contributed by atoms with van der Waals surface area (Å²) < 4.78 is 6.46. The van der Waals surface area contributed by atoms with Crippen LogP contribution in [-0.4, -0.2) is 95.9 Å². The van der Waals surface area contributed by atoms with E-state index in [1.54, 1.807) is 0 Å². The maximum absolute atomic E-state index is 12.5. The van der Waals surface area contributed by atoms with Gasteiger partial charge >= 0.3 is 0 Å². The number of ether oxygens (including phenoxy) is 1. The standard InChI is InChI=1S/C16H23N7O7/c1-6(25)8(17)14(28)22(2)12-9-13(20-4-19-12)23(5-21-9)16(15(18)29)11(27)10(26)7(3-24)30-16/h4-8,10-11,24-27H,3,17H2,1-2H3,(H2,18,29)/t6-,7-,8+,10-,11-,16+/m1/s1. The van der Waals surface area contributed by atoms with Crippen LogP contribution in [0.3, 0.4) is 0 Å². The Kier molecular flexibility index (Phi) is 5.72. The molecule has 0 bridgehead atoms. The van der Waals surface area contributed by atoms with Crippen LogP contribution in [0.2, 0.25) is 0 Å². The zero-order valence-corrected chi connectivity index (χ0v) is 16.2. The number of rotatable bonds is 6. The number of carbonyl (C=O) groups excluding carboxylic acids is 2. The third-order valence-electron chi connectivity index (χ3n) is 5.09. The lowest BCUT2D eigenvalue weighted by molar-refractivity contribution is -0.172. The van der Waals surface area contributed by atoms with Crippen LogP contribution in [0.1, 0.15) is 6.92 Å². The second-order valence-electron chi connectivity index (χ2n) is 6.98. The molecule has 30 heavy (non-hydrogen) atoms. The number of nitrogens with zero attached hydrogens (tertiary/aromatic N) is 5. The number of fused-ring (bicyclic) bond motifs is 1. The number of amides is 2. The zero-order chi connectivity index (χ0) is 22.4. The van der Waals surface area contributed by atoms with Crippen molar-refractivity contribution >= 4 is 28.8 Å². The van der Waals surface area contributed by atoms with Crippen molar-refractivity contribution < 1.29 is 34.8 Å². The number of aliphatic hydroxyl groups is 4. The van der Waals surface area contributed by atoms with Crippen molar-refractivity contribution in [2.45, 2.75) is 43.1 Å². The first-order valence-corrected chi connectivity index (χ1v) is 8.92. The molecule has 164 valence electrons. The molecule has 14 nitrogen and oxygen atoms in total. The molecular formula is C16H23N7O7. The Labute approximate surface area is 169 Å². The first-order chi connectivity index (χ1) is 14.1. The van der Waals surface area contributed by atoms with E-state index in [0.717, 1.165) is 22.1 Å². The average Bonchev–Trinajstić information content (AvgIpc) is 3.26. The Hall–Kier alpha value is -2.75. The van der Waals surface area contributed by atoms with Gasteiger partial charge in [-0.25, -0.2) is 15.0 Å². The third-order valence-corrected chi connectivity index (χ3v) is 5.09. The summed E-state index contributed by atoms with van der Waals surface area (Å²) in [5, 5.41) is 39.6. The van der Waals surface area contributed by atoms with Crippen LogP contribution in [0.5, 0.6) is 0 Å². The van der Waals surface area contributed by atoms with E-state index in [9.17, 15) is 30.0 Å². The predicted octanol–water partition coefficient (Wildman–Crippen LogP) is -4.25. The fraction of sp³-hybridized carbons (Fsp3) is 0.562. The van der Waals surface area contributed by atoms with E-state index < -0.39 is 54.6 Å². The number of likely N-dealkylation sites (N-methyl/N-ethyl adjacent to an activating group) is 1. The van der Waals surface area contributed by atoms with Gasteiger partial charge in [-0.15, -0.1) is 0 Å². The number of anilines is 1. The molecule has 14 heteroatoms. The van der Waals surface area contributed by atoms with E-state index >= 15 is 0 Å². The molecular weight excluding hydrogens is 402 g/mol. The highest BCUT2D eigenvalue weighted by molar-refractivity contribution is 6.01. The number of aromatic nitrogens is 4. The molecule has 0 spiro atoms. The van der Waals surface area contributed by atoms with E-state index in [0.29, 0.717) is 0 Å². The SMILES string of the molecule is C[C@@H](O)[C@H](N)C(=O)N(C)c1ncnc2c1ncn2[C@]1(C(N)=O)O[C@H](CO)[C@@H](O)[C@H]1O. The van der Waals surface area contributed by atoms with Crippen LogP contribution in [0, 0.1) is 0 Å². The second kappa shape index (κ2) is 7.82. The van der Waals surface area contributed by atoms with Gasteiger partial charge in [-0.05, 0) is 6.92 Å². The zero-order valence-electron chi connectivity index (χ0n) is 16.2. The Morgan fingerprint density at radius 2 is 2.03 bits per heavy atom. The Balaban J connectivity index is 2.13. The van der Waals surface area contributed by atoms with Gasteiger partial charge in [0.15, 0.2) is 17.0 Å². The number of hydrogen-bond acceptors (Lipinski definition) is 11. The number of nitrogens with two attached hydrogens (primary N) is 2. The molecule has 0 saturated carbocycles. The maximum atomic E-state index is 12.5. The molecule has 0 unspecified atom stereocenters. The highest BCUT2D eigenvalue weighted by atomic mass is 16.6. The summed E-state index contributed by atoms with van der Waals surface area (Å²) in [6.45, 7) is 0.674. The molecule has 2 amide bonds. The Morgan fingerprint density at radius 1 is 1.37 bits per heavy atom. The van der Waals surface area contributed by atoms with Crippen molar-refractivity contribution in [2.24, 2.45) is 11.5 Å². The molecule has 1 saturated heterocycles. The van der Waals surface area contributed by atoms with Crippen LogP contribution < -0.4 is 16.4 Å². The lowest BCUT2D eigenvalue weighted by Crippen LogP contribution is -2.54. The van der Waals surface area contributed by atoms with Gasteiger partial charge in [0.05, 0.1) is 12.7 Å². The molecule has 3 rings (SSSR count). The summed E-state index contributed by atoms with van der Waals surface area (Å²) in [5.41, 5.74) is 8.85. The summed E-state index contributed by atoms with van der Waals surface area (Å²) in [5.74, 6) is -1.81. The number of imidazole rings is 1. The smallest absolute Gasteiger partial charge is 0.274 e. The van der Waals surface area contributed by atoms with E-state index in [4.69, 9.17) is 16.2 Å². The van der Waals surface area contributed by atoms with Crippen LogP contribution in [-0.2, 0) is 20.1 Å². The Bertz CT molecular complexity index is 967. The molecule has 1 fully saturated rings. The monoisotopic (exact) mass is 425 g/mol. The lowest BCUT2D eigenvalue weighted by atomic mass is 10.0. The van der Waals surface area contributed by atoms with Gasteiger partial charge in [0.25, 0.3) is 11.6 Å². The fourth-order valence-electron chi connectivity index (χ4n) is 3.32. The molecule has 8 N–H and O–H groups in total. The maximum Gasteiger partial charge on any atom is 0.274 e. The normalized spacial score (nSPS) is 28.4. The molecule has 0 aromatic carbocycles. The summed E-state index contributed by atoms with van der Waals surface area (Å²) in [4.78, 5) is 38.0. The van der Waals surface area contributed by atoms with Crippen LogP contribution in [0.25, 0.3) is 11.2 Å². The largest absolute Gasteiger partial charge is 0.394 e. The molecule has 6 atom stereocenters. The number of aliphatic hydroxyl groups excluding tert-OH is 4. The number of primary amides is 1. The predicted molar refractivity (Wildman–Crippen MR) is 99.5 cm³/mol. The first kappa shape index (κ1) is 21.9. The van der Waals surface area contributed by atoms with E-state index in [2.05, 4.69) is 15.0 Å². The third kappa shape index (κ3) is 3.10. The van der Waals surface area contributed by atoms with Gasteiger partial charge in [-0.2, -0.15) is 0 Å². The van der Waals surface area contributed by atoms with Crippen LogP contribution in [0.4, 0.5) is 5.82 Å². The van der Waals surface area contributed by atoms with Crippen molar-refractivity contribution in [3.05, 3.63) is 12.7 Å². The summed E-state index contributed by atoms with van der Waals surface area (Å²) >= 11 is 0. The molecule has 0 aliphatic carbocycles. The van der Waals surface area contributed by atoms with Gasteiger partial charge in [-0.1, -0.05) is 0 Å². The van der Waals surface area contributed by atoms with Gasteiger partial charge in [0.2, 0.25) is 5.91 Å². The molecule has 2 aromatic heterocycles. The van der Waals surface area contributed by atoms with Crippen molar-refractivity contribution in [1.29, 1.82) is 0 Å². The van der Waals surface area contributed by atoms with Crippen molar-refractivity contribution in [3.8, 4) is 0 Å². The fourth-order valence-corrected chi connectivity index (χ4v) is 3.32. The van der Waals surface area contributed by atoms with Gasteiger partial charge in [-0.3, -0.25) is 19.1 Å². The minimum Gasteiger partial charge on any atom is -0.394 e. The highest BCUT2D eigenvalue weighted by Gasteiger charge is 2.60. The molecule has 1 aliphatic rings. The van der Waals surface area contributed by atoms with Gasteiger partial charge in [0, 0.05) is 7.05 Å². The van der Waals surface area contributed by atoms with Gasteiger partial charge < -0.3 is 36.6 Å². The quantitative estimate of drug-likeness (QED) is 0.260. The van der Waals surface area contributed by atoms with E-state index in [1.807, 2.05) is 0 Å². The Morgan fingerprint density at radius 3 is 2.57 bits per heavy atom. The molecule has 0 radical (unpaired) electrons.